The smallest absolute Gasteiger partial charge is 0.365 e. The van der Waals surface area contributed by atoms with Gasteiger partial charge < -0.3 is 14.3 Å². The number of oxime groups is 1. The number of carbonyl (C=O) groups is 2. The molecular weight excluding hydrogens is 286 g/mol. The average molecular weight is 305 g/mol. The van der Waals surface area contributed by atoms with Crippen LogP contribution in [0.15, 0.2) is 29.4 Å². The molecule has 0 spiro atoms. The van der Waals surface area contributed by atoms with Gasteiger partial charge in [-0.2, -0.15) is 0 Å². The molecule has 1 heterocycles. The van der Waals surface area contributed by atoms with Crippen molar-refractivity contribution >= 4 is 17.7 Å². The Balaban J connectivity index is 2.31. The molecule has 22 heavy (non-hydrogen) atoms. The van der Waals surface area contributed by atoms with Gasteiger partial charge in [-0.15, -0.1) is 0 Å². The lowest BCUT2D eigenvalue weighted by atomic mass is 9.92. The number of rotatable bonds is 5. The molecule has 6 nitrogen and oxygen atoms in total. The molecule has 0 radical (unpaired) electrons. The van der Waals surface area contributed by atoms with Gasteiger partial charge in [0.05, 0.1) is 25.3 Å². The van der Waals surface area contributed by atoms with Crippen LogP contribution in [0.1, 0.15) is 31.4 Å². The lowest BCUT2D eigenvalue weighted by Crippen LogP contribution is -2.49. The molecule has 0 unspecified atom stereocenters. The van der Waals surface area contributed by atoms with Crippen LogP contribution < -0.4 is 0 Å². The van der Waals surface area contributed by atoms with Crippen LogP contribution in [0.25, 0.3) is 0 Å². The maximum atomic E-state index is 12.2. The lowest BCUT2D eigenvalue weighted by Gasteiger charge is -2.21. The summed E-state index contributed by atoms with van der Waals surface area (Å²) in [5.74, 6) is -1.55. The number of aryl methyl sites for hydroxylation is 1. The second-order valence-corrected chi connectivity index (χ2v) is 4.89. The summed E-state index contributed by atoms with van der Waals surface area (Å²) in [5, 5.41) is 3.94. The first kappa shape index (κ1) is 16.0. The Labute approximate surface area is 129 Å². The van der Waals surface area contributed by atoms with Crippen LogP contribution in [-0.2, 0) is 23.9 Å². The first-order chi connectivity index (χ1) is 10.5. The minimum absolute atomic E-state index is 0.00444. The molecule has 0 fully saturated rings. The van der Waals surface area contributed by atoms with Crippen molar-refractivity contribution in [3.05, 3.63) is 35.4 Å². The summed E-state index contributed by atoms with van der Waals surface area (Å²) in [7, 11) is 0. The monoisotopic (exact) mass is 305 g/mol. The Kier molecular flexibility index (Phi) is 4.80. The Hall–Kier alpha value is -2.37. The van der Waals surface area contributed by atoms with Crippen molar-refractivity contribution in [3.8, 4) is 0 Å². The Bertz CT molecular complexity index is 590. The van der Waals surface area contributed by atoms with E-state index in [1.807, 2.05) is 31.2 Å². The van der Waals surface area contributed by atoms with E-state index in [0.29, 0.717) is 5.71 Å². The zero-order valence-electron chi connectivity index (χ0n) is 12.9. The molecule has 0 aromatic heterocycles. The largest absolute Gasteiger partial charge is 0.462 e. The minimum atomic E-state index is -1.84. The highest BCUT2D eigenvalue weighted by atomic mass is 16.7. The van der Waals surface area contributed by atoms with Gasteiger partial charge in [-0.1, -0.05) is 29.4 Å². The molecule has 0 aliphatic carbocycles. The number of carbonyl (C=O) groups excluding carboxylic acids is 2. The van der Waals surface area contributed by atoms with Crippen LogP contribution >= 0.6 is 0 Å². The second kappa shape index (κ2) is 6.60. The van der Waals surface area contributed by atoms with Crippen molar-refractivity contribution < 1.29 is 23.9 Å². The fourth-order valence-corrected chi connectivity index (χ4v) is 2.27. The second-order valence-electron chi connectivity index (χ2n) is 4.89. The van der Waals surface area contributed by atoms with Crippen molar-refractivity contribution in [2.45, 2.75) is 32.8 Å². The van der Waals surface area contributed by atoms with Crippen molar-refractivity contribution in [1.82, 2.24) is 0 Å². The molecule has 0 N–H and O–H groups in total. The van der Waals surface area contributed by atoms with E-state index in [-0.39, 0.29) is 19.6 Å². The maximum Gasteiger partial charge on any atom is 0.365 e. The van der Waals surface area contributed by atoms with Gasteiger partial charge in [0.1, 0.15) is 0 Å². The van der Waals surface area contributed by atoms with Crippen molar-refractivity contribution in [2.24, 2.45) is 5.16 Å². The molecule has 0 saturated heterocycles. The van der Waals surface area contributed by atoms with Gasteiger partial charge >= 0.3 is 17.5 Å². The summed E-state index contributed by atoms with van der Waals surface area (Å²) in [6.07, 6.45) is -0.00444. The van der Waals surface area contributed by atoms with E-state index >= 15 is 0 Å². The molecule has 0 atom stereocenters. The fourth-order valence-electron chi connectivity index (χ4n) is 2.27. The normalized spacial score (nSPS) is 15.7. The zero-order chi connectivity index (χ0) is 16.2. The van der Waals surface area contributed by atoms with Crippen LogP contribution in [-0.4, -0.2) is 36.5 Å². The lowest BCUT2D eigenvalue weighted by molar-refractivity contribution is -0.187. The van der Waals surface area contributed by atoms with Gasteiger partial charge in [0.2, 0.25) is 0 Å². The Morgan fingerprint density at radius 1 is 1.18 bits per heavy atom. The molecule has 0 bridgehead atoms. The zero-order valence-corrected chi connectivity index (χ0v) is 12.9. The number of benzene rings is 1. The van der Waals surface area contributed by atoms with Gasteiger partial charge in [-0.05, 0) is 26.3 Å². The van der Waals surface area contributed by atoms with Crippen LogP contribution in [0.2, 0.25) is 0 Å². The van der Waals surface area contributed by atoms with Crippen LogP contribution in [0.5, 0.6) is 0 Å². The van der Waals surface area contributed by atoms with Gasteiger partial charge in [0, 0.05) is 5.56 Å². The van der Waals surface area contributed by atoms with Gasteiger partial charge in [-0.25, -0.2) is 9.59 Å². The molecule has 0 saturated carbocycles. The predicted molar refractivity (Wildman–Crippen MR) is 79.4 cm³/mol. The number of nitrogens with zero attached hydrogens (tertiary/aromatic N) is 1. The van der Waals surface area contributed by atoms with Crippen molar-refractivity contribution in [1.29, 1.82) is 0 Å². The van der Waals surface area contributed by atoms with E-state index in [1.165, 1.54) is 0 Å². The quantitative estimate of drug-likeness (QED) is 0.614. The number of esters is 2. The Morgan fingerprint density at radius 3 is 2.32 bits per heavy atom. The maximum absolute atomic E-state index is 12.2. The van der Waals surface area contributed by atoms with E-state index in [2.05, 4.69) is 5.16 Å². The first-order valence-corrected chi connectivity index (χ1v) is 7.20. The summed E-state index contributed by atoms with van der Waals surface area (Å²) in [6, 6.07) is 7.55. The summed E-state index contributed by atoms with van der Waals surface area (Å²) >= 11 is 0. The summed E-state index contributed by atoms with van der Waals surface area (Å²) in [6.45, 7) is 5.53. The van der Waals surface area contributed by atoms with E-state index in [4.69, 9.17) is 14.3 Å². The molecule has 1 aromatic rings. The topological polar surface area (TPSA) is 74.2 Å². The third-order valence-electron chi connectivity index (χ3n) is 3.39. The number of ether oxygens (including phenoxy) is 2. The van der Waals surface area contributed by atoms with Crippen molar-refractivity contribution in [3.63, 3.8) is 0 Å². The number of hydrogen-bond acceptors (Lipinski definition) is 6. The van der Waals surface area contributed by atoms with E-state index in [0.717, 1.165) is 11.1 Å². The molecule has 118 valence electrons. The molecular formula is C16H19NO5. The number of hydrogen-bond donors (Lipinski definition) is 0. The van der Waals surface area contributed by atoms with E-state index in [1.54, 1.807) is 13.8 Å². The molecule has 2 rings (SSSR count). The molecule has 6 heteroatoms. The minimum Gasteiger partial charge on any atom is -0.462 e. The molecule has 1 aliphatic rings. The van der Waals surface area contributed by atoms with Crippen LogP contribution in [0.3, 0.4) is 0 Å². The summed E-state index contributed by atoms with van der Waals surface area (Å²) < 4.78 is 9.95. The third-order valence-corrected chi connectivity index (χ3v) is 3.39. The highest BCUT2D eigenvalue weighted by Crippen LogP contribution is 2.30. The van der Waals surface area contributed by atoms with Gasteiger partial charge in [0.15, 0.2) is 0 Å². The first-order valence-electron chi connectivity index (χ1n) is 7.20. The molecule has 1 aliphatic heterocycles. The summed E-state index contributed by atoms with van der Waals surface area (Å²) in [4.78, 5) is 29.7. The average Bonchev–Trinajstić information content (AvgIpc) is 2.94. The fraction of sp³-hybridized carbons (Fsp3) is 0.438. The van der Waals surface area contributed by atoms with Gasteiger partial charge in [-0.3, -0.25) is 0 Å². The van der Waals surface area contributed by atoms with E-state index in [9.17, 15) is 9.59 Å². The molecule has 1 aromatic carbocycles. The van der Waals surface area contributed by atoms with Crippen molar-refractivity contribution in [2.75, 3.05) is 13.2 Å². The van der Waals surface area contributed by atoms with Crippen LogP contribution in [0, 0.1) is 6.92 Å². The summed E-state index contributed by atoms with van der Waals surface area (Å²) in [5.41, 5.74) is 0.495. The third kappa shape index (κ3) is 2.81. The Morgan fingerprint density at radius 2 is 1.77 bits per heavy atom. The van der Waals surface area contributed by atoms with Gasteiger partial charge in [0.25, 0.3) is 0 Å². The SMILES string of the molecule is CCOC(=O)C1(C(=O)OCC)CC(c2ccccc2C)=NO1. The standard InChI is InChI=1S/C16H19NO5/c1-4-20-14(18)16(15(19)21-5-2)10-13(17-22-16)12-9-7-6-8-11(12)3/h6-9H,4-5,10H2,1-3H3. The van der Waals surface area contributed by atoms with E-state index < -0.39 is 17.5 Å². The molecule has 0 amide bonds. The van der Waals surface area contributed by atoms with Crippen LogP contribution in [0.4, 0.5) is 0 Å². The predicted octanol–water partition coefficient (Wildman–Crippen LogP) is 1.98. The highest BCUT2D eigenvalue weighted by molar-refractivity contribution is 6.13. The highest BCUT2D eigenvalue weighted by Gasteiger charge is 2.56.